The number of carbonyl (C=O) groups is 2. The van der Waals surface area contributed by atoms with E-state index in [4.69, 9.17) is 42.6 Å². The molecule has 4 aromatic rings. The van der Waals surface area contributed by atoms with Gasteiger partial charge in [0.15, 0.2) is 0 Å². The molecular weight excluding hydrogens is 733 g/mol. The fraction of sp³-hybridized carbons (Fsp3) is 0.250. The SMILES string of the molecule is Cl.Cl.N#Cc1c(N)nc(SCc2csc(-c3ccc(Cl)cc3)n2)c(C#N)c1-c1ccc(OCCOC(=O)[C@H](CCC(=O)O)NCCN)cc1. The molecule has 0 unspecified atom stereocenters. The highest BCUT2D eigenvalue weighted by Gasteiger charge is 2.22. The van der Waals surface area contributed by atoms with Crippen molar-refractivity contribution in [1.82, 2.24) is 15.3 Å². The second-order valence-electron chi connectivity index (χ2n) is 9.86. The Morgan fingerprint density at radius 1 is 1.02 bits per heavy atom. The first-order valence-corrected chi connectivity index (χ1v) is 16.5. The van der Waals surface area contributed by atoms with Crippen molar-refractivity contribution in [2.45, 2.75) is 29.7 Å². The molecule has 12 nitrogen and oxygen atoms in total. The minimum Gasteiger partial charge on any atom is -0.490 e. The van der Waals surface area contributed by atoms with E-state index in [1.807, 2.05) is 17.5 Å². The first kappa shape index (κ1) is 41.1. The Kier molecular flexibility index (Phi) is 17.1. The molecule has 0 saturated heterocycles. The van der Waals surface area contributed by atoms with Gasteiger partial charge in [0.1, 0.15) is 58.6 Å². The van der Waals surface area contributed by atoms with Crippen LogP contribution in [0.2, 0.25) is 5.02 Å². The average Bonchev–Trinajstić information content (AvgIpc) is 3.55. The largest absolute Gasteiger partial charge is 0.490 e. The molecule has 258 valence electrons. The van der Waals surface area contributed by atoms with Gasteiger partial charge in [-0.3, -0.25) is 9.59 Å². The lowest BCUT2D eigenvalue weighted by atomic mass is 9.97. The third kappa shape index (κ3) is 11.5. The number of rotatable bonds is 16. The minimum absolute atomic E-state index is 0. The number of nitriles is 2. The number of esters is 1. The maximum Gasteiger partial charge on any atom is 0.323 e. The summed E-state index contributed by atoms with van der Waals surface area (Å²) in [7, 11) is 0. The predicted molar refractivity (Wildman–Crippen MR) is 194 cm³/mol. The summed E-state index contributed by atoms with van der Waals surface area (Å²) in [6.07, 6.45) is -0.121. The molecule has 0 fully saturated rings. The number of thiazole rings is 1. The first-order chi connectivity index (χ1) is 22.7. The molecule has 17 heteroatoms. The van der Waals surface area contributed by atoms with Gasteiger partial charge in [-0.1, -0.05) is 47.6 Å². The number of carboxylic acids is 1. The van der Waals surface area contributed by atoms with Crippen LogP contribution in [0.3, 0.4) is 0 Å². The third-order valence-corrected chi connectivity index (χ3v) is 8.82. The summed E-state index contributed by atoms with van der Waals surface area (Å²) in [6, 6.07) is 17.6. The Balaban J connectivity index is 0.00000417. The topological polar surface area (TPSA) is 210 Å². The maximum atomic E-state index is 12.4. The van der Waals surface area contributed by atoms with Crippen LogP contribution in [0.15, 0.2) is 58.9 Å². The predicted octanol–water partition coefficient (Wildman–Crippen LogP) is 5.69. The van der Waals surface area contributed by atoms with Crippen LogP contribution in [0.25, 0.3) is 21.7 Å². The smallest absolute Gasteiger partial charge is 0.323 e. The highest BCUT2D eigenvalue weighted by molar-refractivity contribution is 7.98. The standard InChI is InChI=1S/C32H30ClN7O5S2.2ClH/c33-21-5-1-20(2-6-21)30-39-22(17-46-30)18-47-31-25(16-36)28(24(15-35)29(37)40-31)19-3-7-23(8-4-19)44-13-14-45-32(43)26(38-12-11-34)9-10-27(41)42;;/h1-8,17,26,38H,9-14,18,34H2,(H2,37,40)(H,41,42);2*1H/t26-;;/m0../s1. The van der Waals surface area contributed by atoms with E-state index in [0.29, 0.717) is 39.2 Å². The van der Waals surface area contributed by atoms with Crippen LogP contribution in [0, 0.1) is 22.7 Å². The summed E-state index contributed by atoms with van der Waals surface area (Å²) in [5, 5.41) is 35.6. The van der Waals surface area contributed by atoms with E-state index >= 15 is 0 Å². The van der Waals surface area contributed by atoms with E-state index < -0.39 is 18.0 Å². The summed E-state index contributed by atoms with van der Waals surface area (Å²) < 4.78 is 11.0. The van der Waals surface area contributed by atoms with Gasteiger partial charge in [0.05, 0.1) is 11.3 Å². The fourth-order valence-corrected chi connectivity index (χ4v) is 6.33. The van der Waals surface area contributed by atoms with Gasteiger partial charge in [0, 0.05) is 46.8 Å². The van der Waals surface area contributed by atoms with Crippen molar-refractivity contribution in [3.05, 3.63) is 75.8 Å². The van der Waals surface area contributed by atoms with E-state index in [9.17, 15) is 20.1 Å². The molecule has 0 aliphatic rings. The van der Waals surface area contributed by atoms with Gasteiger partial charge in [0.2, 0.25) is 0 Å². The third-order valence-electron chi connectivity index (χ3n) is 6.62. The first-order valence-electron chi connectivity index (χ1n) is 14.3. The zero-order chi connectivity index (χ0) is 33.8. The number of anilines is 1. The number of nitrogens with two attached hydrogens (primary N) is 2. The minimum atomic E-state index is -1.02. The Morgan fingerprint density at radius 2 is 1.69 bits per heavy atom. The number of nitrogens with one attached hydrogen (secondary N) is 1. The number of ether oxygens (including phenoxy) is 2. The number of hydrogen-bond acceptors (Lipinski definition) is 13. The monoisotopic (exact) mass is 763 g/mol. The fourth-order valence-electron chi connectivity index (χ4n) is 4.38. The van der Waals surface area contributed by atoms with Gasteiger partial charge in [-0.15, -0.1) is 36.2 Å². The quantitative estimate of drug-likeness (QED) is 0.0615. The van der Waals surface area contributed by atoms with E-state index in [0.717, 1.165) is 16.3 Å². The lowest BCUT2D eigenvalue weighted by molar-refractivity contribution is -0.147. The number of carboxylic acid groups (broad SMARTS) is 1. The van der Waals surface area contributed by atoms with Gasteiger partial charge in [0.25, 0.3) is 0 Å². The van der Waals surface area contributed by atoms with Crippen LogP contribution in [0.5, 0.6) is 5.75 Å². The molecule has 1 atom stereocenters. The zero-order valence-electron chi connectivity index (χ0n) is 25.8. The Hall–Kier alpha value is -4.12. The molecule has 0 saturated carbocycles. The summed E-state index contributed by atoms with van der Waals surface area (Å²) >= 11 is 8.79. The van der Waals surface area contributed by atoms with E-state index in [1.54, 1.807) is 36.4 Å². The summed E-state index contributed by atoms with van der Waals surface area (Å²) in [5.74, 6) is -0.710. The number of halogens is 3. The van der Waals surface area contributed by atoms with Crippen molar-refractivity contribution >= 4 is 77.3 Å². The van der Waals surface area contributed by atoms with Gasteiger partial charge in [-0.25, -0.2) is 9.97 Å². The van der Waals surface area contributed by atoms with Crippen molar-refractivity contribution in [2.24, 2.45) is 5.73 Å². The number of thioether (sulfide) groups is 1. The summed E-state index contributed by atoms with van der Waals surface area (Å²) in [5.41, 5.74) is 14.6. The van der Waals surface area contributed by atoms with Crippen molar-refractivity contribution in [3.63, 3.8) is 0 Å². The number of nitrogen functional groups attached to an aromatic ring is 1. The highest BCUT2D eigenvalue weighted by Crippen LogP contribution is 2.37. The number of nitrogens with zero attached hydrogens (tertiary/aromatic N) is 4. The number of carbonyl (C=O) groups excluding carboxylic acids is 1. The average molecular weight is 765 g/mol. The second kappa shape index (κ2) is 20.4. The molecule has 2 heterocycles. The molecule has 2 aromatic carbocycles. The van der Waals surface area contributed by atoms with Crippen LogP contribution >= 0.6 is 59.5 Å². The Bertz CT molecular complexity index is 1800. The number of aliphatic carboxylic acids is 1. The molecule has 4 rings (SSSR count). The second-order valence-corrected chi connectivity index (χ2v) is 12.1. The normalized spacial score (nSPS) is 10.9. The van der Waals surface area contributed by atoms with Crippen molar-refractivity contribution in [3.8, 4) is 39.6 Å². The molecule has 0 aliphatic carbocycles. The van der Waals surface area contributed by atoms with Gasteiger partial charge < -0.3 is 31.4 Å². The van der Waals surface area contributed by atoms with Crippen LogP contribution in [0.4, 0.5) is 5.82 Å². The maximum absolute atomic E-state index is 12.4. The number of aromatic nitrogens is 2. The molecule has 0 aliphatic heterocycles. The van der Waals surface area contributed by atoms with Crippen LogP contribution in [-0.4, -0.2) is 59.4 Å². The van der Waals surface area contributed by atoms with E-state index in [-0.39, 0.29) is 74.4 Å². The molecule has 0 amide bonds. The van der Waals surface area contributed by atoms with Crippen molar-refractivity contribution < 1.29 is 24.2 Å². The van der Waals surface area contributed by atoms with Gasteiger partial charge in [-0.05, 0) is 36.2 Å². The molecule has 2 aromatic heterocycles. The van der Waals surface area contributed by atoms with Crippen molar-refractivity contribution in [2.75, 3.05) is 32.0 Å². The zero-order valence-corrected chi connectivity index (χ0v) is 29.8. The van der Waals surface area contributed by atoms with Gasteiger partial charge in [-0.2, -0.15) is 10.5 Å². The number of hydrogen-bond donors (Lipinski definition) is 4. The van der Waals surface area contributed by atoms with E-state index in [1.165, 1.54) is 23.1 Å². The Labute approximate surface area is 308 Å². The molecule has 49 heavy (non-hydrogen) atoms. The molecular formula is C32H32Cl3N7O5S2. The molecule has 0 radical (unpaired) electrons. The summed E-state index contributed by atoms with van der Waals surface area (Å²) in [6.45, 7) is 0.602. The number of pyridine rings is 1. The van der Waals surface area contributed by atoms with E-state index in [2.05, 4.69) is 22.4 Å². The highest BCUT2D eigenvalue weighted by atomic mass is 35.5. The van der Waals surface area contributed by atoms with Gasteiger partial charge >= 0.3 is 11.9 Å². The van der Waals surface area contributed by atoms with Crippen LogP contribution in [0.1, 0.15) is 29.7 Å². The van der Waals surface area contributed by atoms with Crippen LogP contribution in [-0.2, 0) is 20.1 Å². The molecule has 0 spiro atoms. The molecule has 6 N–H and O–H groups in total. The van der Waals surface area contributed by atoms with Crippen LogP contribution < -0.4 is 21.5 Å². The van der Waals surface area contributed by atoms with Crippen molar-refractivity contribution in [1.29, 1.82) is 10.5 Å². The lowest BCUT2D eigenvalue weighted by Gasteiger charge is -2.17. The Morgan fingerprint density at radius 3 is 2.33 bits per heavy atom. The molecule has 0 bridgehead atoms. The lowest BCUT2D eigenvalue weighted by Crippen LogP contribution is -2.41. The summed E-state index contributed by atoms with van der Waals surface area (Å²) in [4.78, 5) is 32.4. The number of benzene rings is 2.